The number of carbonyl (C=O) groups is 1. The molecular weight excluding hydrogens is 314 g/mol. The molecule has 0 atom stereocenters. The molecule has 9 heteroatoms. The van der Waals surface area contributed by atoms with Gasteiger partial charge in [0.15, 0.2) is 5.13 Å². The lowest BCUT2D eigenvalue weighted by atomic mass is 9.93. The quantitative estimate of drug-likeness (QED) is 0.649. The van der Waals surface area contributed by atoms with Gasteiger partial charge in [0.05, 0.1) is 30.5 Å². The largest absolute Gasteiger partial charge is 0.394 e. The van der Waals surface area contributed by atoms with Crippen LogP contribution in [0, 0.1) is 0 Å². The Kier molecular flexibility index (Phi) is 6.11. The van der Waals surface area contributed by atoms with Gasteiger partial charge in [0, 0.05) is 5.38 Å². The Hall–Kier alpha value is -1.19. The van der Waals surface area contributed by atoms with Crippen molar-refractivity contribution in [2.24, 2.45) is 0 Å². The molecule has 0 saturated heterocycles. The van der Waals surface area contributed by atoms with Crippen LogP contribution < -0.4 is 10.0 Å². The van der Waals surface area contributed by atoms with Crippen molar-refractivity contribution in [1.82, 2.24) is 10.3 Å². The topological polar surface area (TPSA) is 108 Å². The number of nitrogens with zero attached hydrogens (tertiary/aromatic N) is 1. The van der Waals surface area contributed by atoms with E-state index in [4.69, 9.17) is 0 Å². The minimum Gasteiger partial charge on any atom is -0.394 e. The molecular formula is C12H21N3O4S2. The molecule has 3 N–H and O–H groups in total. The summed E-state index contributed by atoms with van der Waals surface area (Å²) in [5.41, 5.74) is -0.122. The molecule has 0 unspecified atom stereocenters. The molecule has 0 aliphatic rings. The monoisotopic (exact) mass is 335 g/mol. The maximum Gasteiger partial charge on any atom is 0.231 e. The molecule has 0 aliphatic carbocycles. The Labute approximate surface area is 128 Å². The average Bonchev–Trinajstić information content (AvgIpc) is 2.81. The number of sulfonamides is 1. The van der Waals surface area contributed by atoms with E-state index in [0.29, 0.717) is 18.5 Å². The third-order valence-corrected chi connectivity index (χ3v) is 4.73. The van der Waals surface area contributed by atoms with Gasteiger partial charge in [0.25, 0.3) is 0 Å². The maximum absolute atomic E-state index is 12.0. The number of amides is 1. The lowest BCUT2D eigenvalue weighted by Gasteiger charge is -2.30. The summed E-state index contributed by atoms with van der Waals surface area (Å²) in [6, 6.07) is 0. The smallest absolute Gasteiger partial charge is 0.231 e. The number of aromatic nitrogens is 1. The van der Waals surface area contributed by atoms with Crippen LogP contribution in [0.15, 0.2) is 5.38 Å². The molecule has 0 spiro atoms. The molecule has 0 aliphatic heterocycles. The number of anilines is 1. The van der Waals surface area contributed by atoms with Gasteiger partial charge in [0.2, 0.25) is 15.9 Å². The molecule has 1 rings (SSSR count). The summed E-state index contributed by atoms with van der Waals surface area (Å²) in [6.07, 6.45) is 2.34. The molecule has 0 aromatic carbocycles. The number of aliphatic hydroxyl groups excluding tert-OH is 1. The number of nitrogens with one attached hydrogen (secondary N) is 2. The first-order valence-corrected chi connectivity index (χ1v) is 9.34. The molecule has 7 nitrogen and oxygen atoms in total. The highest BCUT2D eigenvalue weighted by Gasteiger charge is 2.27. The minimum absolute atomic E-state index is 0.0453. The molecule has 1 heterocycles. The number of aliphatic hydroxyl groups is 1. The van der Waals surface area contributed by atoms with Crippen molar-refractivity contribution >= 4 is 32.4 Å². The van der Waals surface area contributed by atoms with E-state index in [1.54, 1.807) is 5.38 Å². The van der Waals surface area contributed by atoms with Crippen molar-refractivity contribution in [3.05, 3.63) is 11.1 Å². The minimum atomic E-state index is -3.37. The van der Waals surface area contributed by atoms with Crippen molar-refractivity contribution in [3.63, 3.8) is 0 Å². The van der Waals surface area contributed by atoms with Crippen molar-refractivity contribution in [3.8, 4) is 0 Å². The fraction of sp³-hybridized carbons (Fsp3) is 0.667. The Morgan fingerprint density at radius 3 is 2.52 bits per heavy atom. The fourth-order valence-electron chi connectivity index (χ4n) is 1.79. The van der Waals surface area contributed by atoms with Gasteiger partial charge in [-0.05, 0) is 12.8 Å². The summed E-state index contributed by atoms with van der Waals surface area (Å²) < 4.78 is 24.4. The van der Waals surface area contributed by atoms with Gasteiger partial charge in [-0.2, -0.15) is 0 Å². The Morgan fingerprint density at radius 1 is 1.43 bits per heavy atom. The second-order valence-corrected chi connectivity index (χ2v) is 7.50. The van der Waals surface area contributed by atoms with E-state index < -0.39 is 15.6 Å². The number of carbonyl (C=O) groups excluding carboxylic acids is 1. The molecule has 21 heavy (non-hydrogen) atoms. The van der Waals surface area contributed by atoms with Crippen molar-refractivity contribution in [2.45, 2.75) is 38.6 Å². The van der Waals surface area contributed by atoms with Gasteiger partial charge in [-0.25, -0.2) is 13.4 Å². The molecule has 0 bridgehead atoms. The predicted octanol–water partition coefficient (Wildman–Crippen LogP) is 0.724. The lowest BCUT2D eigenvalue weighted by Crippen LogP contribution is -2.51. The number of hydrogen-bond donors (Lipinski definition) is 3. The van der Waals surface area contributed by atoms with Crippen LogP contribution in [0.25, 0.3) is 0 Å². The van der Waals surface area contributed by atoms with Crippen LogP contribution in [-0.2, 0) is 21.2 Å². The van der Waals surface area contributed by atoms with Crippen LogP contribution >= 0.6 is 11.3 Å². The molecule has 0 fully saturated rings. The van der Waals surface area contributed by atoms with Crippen molar-refractivity contribution in [2.75, 3.05) is 17.6 Å². The van der Waals surface area contributed by atoms with Crippen LogP contribution in [-0.4, -0.2) is 42.8 Å². The molecule has 1 amide bonds. The predicted molar refractivity (Wildman–Crippen MR) is 82.8 cm³/mol. The lowest BCUT2D eigenvalue weighted by molar-refractivity contribution is -0.123. The number of rotatable bonds is 8. The summed E-state index contributed by atoms with van der Waals surface area (Å²) in [5, 5.41) is 14.1. The first-order chi connectivity index (χ1) is 9.73. The van der Waals surface area contributed by atoms with Gasteiger partial charge >= 0.3 is 0 Å². The highest BCUT2D eigenvalue weighted by Crippen LogP contribution is 2.18. The molecule has 0 radical (unpaired) electrons. The third kappa shape index (κ3) is 5.60. The Bertz CT molecular complexity index is 571. The first kappa shape index (κ1) is 17.9. The molecule has 1 aromatic rings. The summed E-state index contributed by atoms with van der Waals surface area (Å²) in [5.74, 6) is -0.246. The van der Waals surface area contributed by atoms with Crippen LogP contribution in [0.5, 0.6) is 0 Å². The van der Waals surface area contributed by atoms with E-state index in [1.807, 2.05) is 13.8 Å². The summed E-state index contributed by atoms with van der Waals surface area (Å²) in [4.78, 5) is 16.1. The highest BCUT2D eigenvalue weighted by molar-refractivity contribution is 7.92. The second-order valence-electron chi connectivity index (χ2n) is 4.89. The molecule has 120 valence electrons. The average molecular weight is 335 g/mol. The highest BCUT2D eigenvalue weighted by atomic mass is 32.2. The van der Waals surface area contributed by atoms with Gasteiger partial charge in [0.1, 0.15) is 0 Å². The van der Waals surface area contributed by atoms with E-state index in [-0.39, 0.29) is 24.1 Å². The Morgan fingerprint density at radius 2 is 2.05 bits per heavy atom. The van der Waals surface area contributed by atoms with Crippen molar-refractivity contribution < 1.29 is 18.3 Å². The van der Waals surface area contributed by atoms with E-state index in [2.05, 4.69) is 15.0 Å². The molecule has 1 aromatic heterocycles. The van der Waals surface area contributed by atoms with Gasteiger partial charge < -0.3 is 10.4 Å². The van der Waals surface area contributed by atoms with Gasteiger partial charge in [-0.15, -0.1) is 11.3 Å². The SMILES string of the molecule is CCC(CC)(CO)NC(=O)Cc1csc(NS(C)(=O)=O)n1. The third-order valence-electron chi connectivity index (χ3n) is 3.23. The van der Waals surface area contributed by atoms with Crippen LogP contribution in [0.2, 0.25) is 0 Å². The zero-order valence-corrected chi connectivity index (χ0v) is 14.0. The van der Waals surface area contributed by atoms with Crippen LogP contribution in [0.3, 0.4) is 0 Å². The summed E-state index contributed by atoms with van der Waals surface area (Å²) in [7, 11) is -3.37. The normalized spacial score (nSPS) is 12.2. The van der Waals surface area contributed by atoms with E-state index >= 15 is 0 Å². The molecule has 0 saturated carbocycles. The van der Waals surface area contributed by atoms with E-state index in [1.165, 1.54) is 0 Å². The summed E-state index contributed by atoms with van der Waals surface area (Å²) in [6.45, 7) is 3.68. The zero-order chi connectivity index (χ0) is 16.1. The zero-order valence-electron chi connectivity index (χ0n) is 12.3. The fourth-order valence-corrected chi connectivity index (χ4v) is 3.35. The second kappa shape index (κ2) is 7.19. The Balaban J connectivity index is 2.67. The van der Waals surface area contributed by atoms with E-state index in [0.717, 1.165) is 17.6 Å². The number of thiazole rings is 1. The standard InChI is InChI=1S/C12H21N3O4S2/c1-4-12(5-2,8-16)14-10(17)6-9-7-20-11(13-9)15-21(3,18)19/h7,16H,4-6,8H2,1-3H3,(H,13,15)(H,14,17). The maximum atomic E-state index is 12.0. The first-order valence-electron chi connectivity index (χ1n) is 6.57. The van der Waals surface area contributed by atoms with E-state index in [9.17, 15) is 18.3 Å². The van der Waals surface area contributed by atoms with Crippen LogP contribution in [0.1, 0.15) is 32.4 Å². The summed E-state index contributed by atoms with van der Waals surface area (Å²) >= 11 is 1.12. The van der Waals surface area contributed by atoms with Gasteiger partial charge in [-0.1, -0.05) is 13.8 Å². The van der Waals surface area contributed by atoms with Crippen molar-refractivity contribution in [1.29, 1.82) is 0 Å². The number of hydrogen-bond acceptors (Lipinski definition) is 6. The van der Waals surface area contributed by atoms with Gasteiger partial charge in [-0.3, -0.25) is 9.52 Å². The van der Waals surface area contributed by atoms with Crippen LogP contribution in [0.4, 0.5) is 5.13 Å².